The van der Waals surface area contributed by atoms with Crippen molar-refractivity contribution in [3.8, 4) is 0 Å². The Morgan fingerprint density at radius 1 is 1.25 bits per heavy atom. The fourth-order valence-corrected chi connectivity index (χ4v) is 1.72. The van der Waals surface area contributed by atoms with E-state index in [0.717, 1.165) is 5.56 Å². The van der Waals surface area contributed by atoms with E-state index in [-0.39, 0.29) is 24.5 Å². The molecule has 0 aliphatic heterocycles. The molecule has 0 fully saturated rings. The van der Waals surface area contributed by atoms with Crippen molar-refractivity contribution in [1.82, 2.24) is 10.2 Å². The van der Waals surface area contributed by atoms with Crippen LogP contribution in [0.4, 0.5) is 0 Å². The Kier molecular flexibility index (Phi) is 6.18. The van der Waals surface area contributed by atoms with Crippen LogP contribution < -0.4 is 5.32 Å². The summed E-state index contributed by atoms with van der Waals surface area (Å²) in [6.45, 7) is 1.69. The van der Waals surface area contributed by atoms with Crippen molar-refractivity contribution in [2.75, 3.05) is 20.7 Å². The van der Waals surface area contributed by atoms with E-state index in [1.54, 1.807) is 33.2 Å². The van der Waals surface area contributed by atoms with E-state index in [1.807, 2.05) is 12.1 Å². The van der Waals surface area contributed by atoms with Crippen LogP contribution >= 0.6 is 0 Å². The second-order valence-electron chi connectivity index (χ2n) is 5.05. The summed E-state index contributed by atoms with van der Waals surface area (Å²) in [4.78, 5) is 24.8. The van der Waals surface area contributed by atoms with Gasteiger partial charge in [-0.15, -0.1) is 0 Å². The first-order chi connectivity index (χ1) is 9.43. The molecular weight excluding hydrogens is 256 g/mol. The van der Waals surface area contributed by atoms with Crippen molar-refractivity contribution in [2.24, 2.45) is 0 Å². The molecule has 1 rings (SSSR count). The van der Waals surface area contributed by atoms with Gasteiger partial charge in [0.1, 0.15) is 0 Å². The highest BCUT2D eigenvalue weighted by atomic mass is 16.3. The van der Waals surface area contributed by atoms with Gasteiger partial charge in [0, 0.05) is 32.1 Å². The first-order valence-corrected chi connectivity index (χ1v) is 6.65. The number of nitrogens with one attached hydrogen (secondary N) is 1. The molecule has 0 aliphatic rings. The average molecular weight is 278 g/mol. The Morgan fingerprint density at radius 2 is 1.85 bits per heavy atom. The number of hydrogen-bond donors (Lipinski definition) is 2. The zero-order chi connectivity index (χ0) is 15.1. The third kappa shape index (κ3) is 5.01. The Balaban J connectivity index is 2.50. The summed E-state index contributed by atoms with van der Waals surface area (Å²) in [6, 6.07) is 7.04. The molecule has 0 bridgehead atoms. The van der Waals surface area contributed by atoms with Crippen molar-refractivity contribution in [3.63, 3.8) is 0 Å². The molecule has 1 aromatic rings. The zero-order valence-electron chi connectivity index (χ0n) is 12.2. The first-order valence-electron chi connectivity index (χ1n) is 6.65. The molecule has 5 nitrogen and oxygen atoms in total. The minimum absolute atomic E-state index is 0.0361. The van der Waals surface area contributed by atoms with Gasteiger partial charge in [-0.3, -0.25) is 9.59 Å². The molecule has 1 atom stereocenters. The number of aryl methyl sites for hydroxylation is 1. The van der Waals surface area contributed by atoms with Crippen LogP contribution in [-0.4, -0.2) is 48.6 Å². The van der Waals surface area contributed by atoms with Gasteiger partial charge < -0.3 is 15.3 Å². The maximum absolute atomic E-state index is 11.7. The number of carbonyl (C=O) groups is 2. The van der Waals surface area contributed by atoms with Crippen molar-refractivity contribution in [3.05, 3.63) is 35.4 Å². The summed E-state index contributed by atoms with van der Waals surface area (Å²) in [5.41, 5.74) is 1.64. The standard InChI is InChI=1S/C15H22N2O3/c1-11(10-18)16-14(19)9-6-12-4-7-13(8-5-12)15(20)17(2)3/h4-5,7-8,11,18H,6,9-10H2,1-3H3,(H,16,19)/t11-/m0/s1. The molecule has 0 saturated heterocycles. The van der Waals surface area contributed by atoms with Gasteiger partial charge >= 0.3 is 0 Å². The number of aliphatic hydroxyl groups excluding tert-OH is 1. The average Bonchev–Trinajstić information content (AvgIpc) is 2.44. The van der Waals surface area contributed by atoms with Crippen LogP contribution in [0.2, 0.25) is 0 Å². The third-order valence-electron chi connectivity index (χ3n) is 2.93. The minimum atomic E-state index is -0.220. The Bertz CT molecular complexity index is 455. The molecule has 110 valence electrons. The SMILES string of the molecule is C[C@@H](CO)NC(=O)CCc1ccc(C(=O)N(C)C)cc1. The first kappa shape index (κ1) is 16.2. The van der Waals surface area contributed by atoms with Crippen molar-refractivity contribution in [1.29, 1.82) is 0 Å². The lowest BCUT2D eigenvalue weighted by molar-refractivity contribution is -0.121. The van der Waals surface area contributed by atoms with Crippen molar-refractivity contribution >= 4 is 11.8 Å². The molecule has 2 amide bonds. The quantitative estimate of drug-likeness (QED) is 0.809. The number of hydrogen-bond acceptors (Lipinski definition) is 3. The number of amides is 2. The van der Waals surface area contributed by atoms with E-state index in [2.05, 4.69) is 5.32 Å². The number of carbonyl (C=O) groups excluding carboxylic acids is 2. The molecule has 0 heterocycles. The predicted molar refractivity (Wildman–Crippen MR) is 77.5 cm³/mol. The third-order valence-corrected chi connectivity index (χ3v) is 2.93. The van der Waals surface area contributed by atoms with Crippen LogP contribution in [-0.2, 0) is 11.2 Å². The summed E-state index contributed by atoms with van der Waals surface area (Å²) in [5.74, 6) is -0.119. The fourth-order valence-electron chi connectivity index (χ4n) is 1.72. The number of nitrogens with zero attached hydrogens (tertiary/aromatic N) is 1. The lowest BCUT2D eigenvalue weighted by Gasteiger charge is -2.11. The molecule has 0 aromatic heterocycles. The Labute approximate surface area is 119 Å². The van der Waals surface area contributed by atoms with Crippen molar-refractivity contribution < 1.29 is 14.7 Å². The van der Waals surface area contributed by atoms with Crippen LogP contribution in [0.5, 0.6) is 0 Å². The second-order valence-corrected chi connectivity index (χ2v) is 5.05. The number of aliphatic hydroxyl groups is 1. The summed E-state index contributed by atoms with van der Waals surface area (Å²) in [6.07, 6.45) is 0.978. The topological polar surface area (TPSA) is 69.6 Å². The molecule has 2 N–H and O–H groups in total. The van der Waals surface area contributed by atoms with Crippen molar-refractivity contribution in [2.45, 2.75) is 25.8 Å². The largest absolute Gasteiger partial charge is 0.394 e. The second kappa shape index (κ2) is 7.65. The summed E-state index contributed by atoms with van der Waals surface area (Å²) >= 11 is 0. The van der Waals surface area contributed by atoms with Gasteiger partial charge in [0.15, 0.2) is 0 Å². The molecule has 0 radical (unpaired) electrons. The molecule has 0 saturated carbocycles. The smallest absolute Gasteiger partial charge is 0.253 e. The predicted octanol–water partition coefficient (Wildman–Crippen LogP) is 0.818. The van der Waals surface area contributed by atoms with Gasteiger partial charge in [0.25, 0.3) is 5.91 Å². The van der Waals surface area contributed by atoms with Crippen LogP contribution in [0.3, 0.4) is 0 Å². The van der Waals surface area contributed by atoms with Gasteiger partial charge in [-0.25, -0.2) is 0 Å². The molecule has 20 heavy (non-hydrogen) atoms. The van der Waals surface area contributed by atoms with E-state index < -0.39 is 0 Å². The van der Waals surface area contributed by atoms with Crippen LogP contribution in [0.1, 0.15) is 29.3 Å². The molecule has 5 heteroatoms. The lowest BCUT2D eigenvalue weighted by Crippen LogP contribution is -2.35. The zero-order valence-corrected chi connectivity index (χ0v) is 12.2. The summed E-state index contributed by atoms with van der Waals surface area (Å²) < 4.78 is 0. The van der Waals surface area contributed by atoms with Crippen LogP contribution in [0.25, 0.3) is 0 Å². The summed E-state index contributed by atoms with van der Waals surface area (Å²) in [7, 11) is 3.42. The molecule has 0 unspecified atom stereocenters. The van der Waals surface area contributed by atoms with Gasteiger partial charge in [-0.05, 0) is 31.0 Å². The number of rotatable bonds is 6. The van der Waals surface area contributed by atoms with E-state index in [4.69, 9.17) is 5.11 Å². The maximum atomic E-state index is 11.7. The van der Waals surface area contributed by atoms with Gasteiger partial charge in [0.2, 0.25) is 5.91 Å². The molecule has 1 aromatic carbocycles. The van der Waals surface area contributed by atoms with E-state index >= 15 is 0 Å². The highest BCUT2D eigenvalue weighted by molar-refractivity contribution is 5.93. The molecule has 0 spiro atoms. The van der Waals surface area contributed by atoms with E-state index in [0.29, 0.717) is 18.4 Å². The number of benzene rings is 1. The van der Waals surface area contributed by atoms with Gasteiger partial charge in [-0.2, -0.15) is 0 Å². The Hall–Kier alpha value is -1.88. The van der Waals surface area contributed by atoms with Gasteiger partial charge in [0.05, 0.1) is 6.61 Å². The monoisotopic (exact) mass is 278 g/mol. The van der Waals surface area contributed by atoms with E-state index in [1.165, 1.54) is 4.90 Å². The highest BCUT2D eigenvalue weighted by Gasteiger charge is 2.09. The normalized spacial score (nSPS) is 11.8. The Morgan fingerprint density at radius 3 is 2.35 bits per heavy atom. The minimum Gasteiger partial charge on any atom is -0.394 e. The summed E-state index contributed by atoms with van der Waals surface area (Å²) in [5, 5.41) is 11.5. The molecular formula is C15H22N2O3. The van der Waals surface area contributed by atoms with Crippen LogP contribution in [0.15, 0.2) is 24.3 Å². The maximum Gasteiger partial charge on any atom is 0.253 e. The fraction of sp³-hybridized carbons (Fsp3) is 0.467. The lowest BCUT2D eigenvalue weighted by atomic mass is 10.1. The van der Waals surface area contributed by atoms with E-state index in [9.17, 15) is 9.59 Å². The molecule has 0 aliphatic carbocycles. The van der Waals surface area contributed by atoms with Crippen LogP contribution in [0, 0.1) is 0 Å². The van der Waals surface area contributed by atoms with Gasteiger partial charge in [-0.1, -0.05) is 12.1 Å². The highest BCUT2D eigenvalue weighted by Crippen LogP contribution is 2.08.